The summed E-state index contributed by atoms with van der Waals surface area (Å²) in [7, 11) is -0.321. The van der Waals surface area contributed by atoms with Gasteiger partial charge in [-0.25, -0.2) is 12.7 Å². The van der Waals surface area contributed by atoms with Gasteiger partial charge in [0.2, 0.25) is 10.0 Å². The van der Waals surface area contributed by atoms with Crippen LogP contribution in [-0.4, -0.2) is 43.6 Å². The molecule has 0 spiro atoms. The van der Waals surface area contributed by atoms with Crippen LogP contribution in [-0.2, 0) is 16.4 Å². The second-order valence-corrected chi connectivity index (χ2v) is 7.17. The number of aryl methyl sites for hydroxylation is 2. The second kappa shape index (κ2) is 6.50. The molecule has 0 amide bonds. The molecule has 0 unspecified atom stereocenters. The van der Waals surface area contributed by atoms with Gasteiger partial charge in [-0.1, -0.05) is 12.1 Å². The smallest absolute Gasteiger partial charge is 0.246 e. The van der Waals surface area contributed by atoms with E-state index < -0.39 is 10.0 Å². The van der Waals surface area contributed by atoms with Crippen LogP contribution in [0.5, 0.6) is 5.75 Å². The number of likely N-dealkylation sites (N-methyl/N-ethyl adjacent to an activating group) is 1. The molecule has 22 heavy (non-hydrogen) atoms. The first-order valence-electron chi connectivity index (χ1n) is 6.97. The molecule has 0 aliphatic heterocycles. The van der Waals surface area contributed by atoms with Crippen molar-refractivity contribution in [3.63, 3.8) is 0 Å². The predicted octanol–water partition coefficient (Wildman–Crippen LogP) is 1.90. The molecule has 2 rings (SSSR count). The zero-order valence-electron chi connectivity index (χ0n) is 13.3. The minimum absolute atomic E-state index is 0.268. The Morgan fingerprint density at radius 1 is 1.23 bits per heavy atom. The first-order chi connectivity index (χ1) is 10.4. The maximum Gasteiger partial charge on any atom is 0.246 e. The number of H-pyrrole nitrogens is 1. The summed E-state index contributed by atoms with van der Waals surface area (Å²) >= 11 is 0. The van der Waals surface area contributed by atoms with Gasteiger partial charge in [0.15, 0.2) is 0 Å². The van der Waals surface area contributed by atoms with Crippen LogP contribution >= 0.6 is 0 Å². The summed E-state index contributed by atoms with van der Waals surface area (Å²) in [5.41, 5.74) is 2.12. The lowest BCUT2D eigenvalue weighted by atomic mass is 10.1. The lowest BCUT2D eigenvalue weighted by Gasteiger charge is -2.17. The number of aromatic nitrogens is 2. The summed E-state index contributed by atoms with van der Waals surface area (Å²) < 4.78 is 31.7. The first-order valence-corrected chi connectivity index (χ1v) is 8.41. The fraction of sp³-hybridized carbons (Fsp3) is 0.400. The Hall–Kier alpha value is -1.86. The number of hydrogen-bond acceptors (Lipinski definition) is 4. The molecule has 120 valence electrons. The molecule has 0 fully saturated rings. The second-order valence-electron chi connectivity index (χ2n) is 5.19. The predicted molar refractivity (Wildman–Crippen MR) is 84.6 cm³/mol. The third kappa shape index (κ3) is 3.31. The van der Waals surface area contributed by atoms with Crippen LogP contribution < -0.4 is 4.74 Å². The molecule has 1 N–H and O–H groups in total. The quantitative estimate of drug-likeness (QED) is 0.881. The Labute approximate surface area is 131 Å². The lowest BCUT2D eigenvalue weighted by molar-refractivity contribution is 0.414. The highest BCUT2D eigenvalue weighted by molar-refractivity contribution is 7.89. The molecule has 0 aliphatic rings. The average molecular weight is 323 g/mol. The topological polar surface area (TPSA) is 75.3 Å². The molecule has 0 atom stereocenters. The third-order valence-corrected chi connectivity index (χ3v) is 5.72. The molecule has 1 heterocycles. The van der Waals surface area contributed by atoms with E-state index in [1.165, 1.54) is 4.31 Å². The van der Waals surface area contributed by atoms with Crippen LogP contribution in [0, 0.1) is 13.8 Å². The van der Waals surface area contributed by atoms with E-state index in [2.05, 4.69) is 10.2 Å². The Morgan fingerprint density at radius 2 is 1.86 bits per heavy atom. The van der Waals surface area contributed by atoms with Gasteiger partial charge in [-0.05, 0) is 38.0 Å². The molecule has 0 radical (unpaired) electrons. The number of nitrogens with zero attached hydrogens (tertiary/aromatic N) is 2. The van der Waals surface area contributed by atoms with E-state index in [0.29, 0.717) is 24.4 Å². The van der Waals surface area contributed by atoms with Gasteiger partial charge in [-0.3, -0.25) is 5.10 Å². The summed E-state index contributed by atoms with van der Waals surface area (Å²) in [6, 6.07) is 7.61. The molecule has 1 aromatic carbocycles. The van der Waals surface area contributed by atoms with Crippen molar-refractivity contribution in [3.05, 3.63) is 41.2 Å². The Morgan fingerprint density at radius 3 is 2.36 bits per heavy atom. The monoisotopic (exact) mass is 323 g/mol. The van der Waals surface area contributed by atoms with Crippen LogP contribution in [0.3, 0.4) is 0 Å². The number of benzene rings is 1. The molecular formula is C15H21N3O3S. The van der Waals surface area contributed by atoms with Crippen molar-refractivity contribution >= 4 is 10.0 Å². The molecule has 0 saturated carbocycles. The maximum atomic E-state index is 12.6. The van der Waals surface area contributed by atoms with Crippen molar-refractivity contribution in [2.75, 3.05) is 20.7 Å². The molecule has 1 aromatic heterocycles. The minimum Gasteiger partial charge on any atom is -0.497 e. The molecule has 0 aliphatic carbocycles. The molecule has 7 heteroatoms. The van der Waals surface area contributed by atoms with E-state index in [-0.39, 0.29) is 4.90 Å². The van der Waals surface area contributed by atoms with Crippen molar-refractivity contribution in [1.29, 1.82) is 0 Å². The van der Waals surface area contributed by atoms with Crippen molar-refractivity contribution in [3.8, 4) is 5.75 Å². The Balaban J connectivity index is 2.09. The summed E-state index contributed by atoms with van der Waals surface area (Å²) in [6.45, 7) is 3.80. The fourth-order valence-electron chi connectivity index (χ4n) is 2.28. The number of ether oxygens (including phenoxy) is 1. The summed E-state index contributed by atoms with van der Waals surface area (Å²) in [5, 5.41) is 6.67. The van der Waals surface area contributed by atoms with Gasteiger partial charge in [0.05, 0.1) is 18.5 Å². The number of rotatable bonds is 6. The van der Waals surface area contributed by atoms with Crippen LogP contribution in [0.1, 0.15) is 17.0 Å². The van der Waals surface area contributed by atoms with Gasteiger partial charge in [-0.15, -0.1) is 0 Å². The molecule has 0 saturated heterocycles. The van der Waals surface area contributed by atoms with E-state index in [1.54, 1.807) is 28.0 Å². The third-order valence-electron chi connectivity index (χ3n) is 3.60. The van der Waals surface area contributed by atoms with E-state index in [9.17, 15) is 8.42 Å². The van der Waals surface area contributed by atoms with Gasteiger partial charge in [-0.2, -0.15) is 5.10 Å². The highest BCUT2D eigenvalue weighted by Gasteiger charge is 2.26. The zero-order chi connectivity index (χ0) is 16.3. The van der Waals surface area contributed by atoms with Crippen LogP contribution in [0.15, 0.2) is 29.2 Å². The molecule has 0 bridgehead atoms. The van der Waals surface area contributed by atoms with Gasteiger partial charge >= 0.3 is 0 Å². The SMILES string of the molecule is COc1ccc(CCN(C)S(=O)(=O)c2c(C)n[nH]c2C)cc1. The Bertz CT molecular complexity index is 716. The number of sulfonamides is 1. The largest absolute Gasteiger partial charge is 0.497 e. The number of nitrogens with one attached hydrogen (secondary N) is 1. The maximum absolute atomic E-state index is 12.6. The molecule has 2 aromatic rings. The fourth-order valence-corrected chi connectivity index (χ4v) is 3.77. The number of hydrogen-bond donors (Lipinski definition) is 1. The van der Waals surface area contributed by atoms with Gasteiger partial charge in [0.1, 0.15) is 10.6 Å². The highest BCUT2D eigenvalue weighted by Crippen LogP contribution is 2.21. The standard InChI is InChI=1S/C15H21N3O3S/c1-11-15(12(2)17-16-11)22(19,20)18(3)10-9-13-5-7-14(21-4)8-6-13/h5-8H,9-10H2,1-4H3,(H,16,17). The van der Waals surface area contributed by atoms with Gasteiger partial charge in [0.25, 0.3) is 0 Å². The Kier molecular flexibility index (Phi) is 4.87. The number of aromatic amines is 1. The number of methoxy groups -OCH3 is 1. The van der Waals surface area contributed by atoms with Gasteiger partial charge in [0, 0.05) is 13.6 Å². The van der Waals surface area contributed by atoms with Crippen molar-refractivity contribution in [1.82, 2.24) is 14.5 Å². The van der Waals surface area contributed by atoms with Crippen LogP contribution in [0.4, 0.5) is 0 Å². The summed E-state index contributed by atoms with van der Waals surface area (Å²) in [6.07, 6.45) is 0.635. The van der Waals surface area contributed by atoms with Crippen molar-refractivity contribution in [2.24, 2.45) is 0 Å². The van der Waals surface area contributed by atoms with Crippen LogP contribution in [0.2, 0.25) is 0 Å². The molecule has 6 nitrogen and oxygen atoms in total. The first kappa shape index (κ1) is 16.5. The van der Waals surface area contributed by atoms with E-state index in [4.69, 9.17) is 4.74 Å². The highest BCUT2D eigenvalue weighted by atomic mass is 32.2. The average Bonchev–Trinajstić information content (AvgIpc) is 2.84. The normalized spacial score (nSPS) is 11.9. The summed E-state index contributed by atoms with van der Waals surface area (Å²) in [4.78, 5) is 0.268. The lowest BCUT2D eigenvalue weighted by Crippen LogP contribution is -2.29. The van der Waals surface area contributed by atoms with Crippen molar-refractivity contribution in [2.45, 2.75) is 25.2 Å². The molecular weight excluding hydrogens is 302 g/mol. The van der Waals surface area contributed by atoms with Crippen LogP contribution in [0.25, 0.3) is 0 Å². The van der Waals surface area contributed by atoms with E-state index >= 15 is 0 Å². The van der Waals surface area contributed by atoms with Crippen molar-refractivity contribution < 1.29 is 13.2 Å². The minimum atomic E-state index is -3.53. The zero-order valence-corrected chi connectivity index (χ0v) is 14.1. The van der Waals surface area contributed by atoms with Gasteiger partial charge < -0.3 is 4.74 Å². The summed E-state index contributed by atoms with van der Waals surface area (Å²) in [5.74, 6) is 0.786. The van der Waals surface area contributed by atoms with E-state index in [0.717, 1.165) is 11.3 Å². The van der Waals surface area contributed by atoms with E-state index in [1.807, 2.05) is 24.3 Å².